The SMILES string of the molecule is C=C(C#N)C(=O)c1cc2cc(F)c(N)cc2[nH]1. The molecule has 0 unspecified atom stereocenters. The van der Waals surface area contributed by atoms with Gasteiger partial charge in [0.2, 0.25) is 5.78 Å². The summed E-state index contributed by atoms with van der Waals surface area (Å²) >= 11 is 0. The van der Waals surface area contributed by atoms with Gasteiger partial charge in [0.15, 0.2) is 0 Å². The molecule has 0 radical (unpaired) electrons. The Morgan fingerprint density at radius 3 is 2.82 bits per heavy atom. The van der Waals surface area contributed by atoms with E-state index in [4.69, 9.17) is 11.0 Å². The first-order chi connectivity index (χ1) is 8.02. The second kappa shape index (κ2) is 3.76. The van der Waals surface area contributed by atoms with Gasteiger partial charge in [-0.2, -0.15) is 5.26 Å². The van der Waals surface area contributed by atoms with E-state index in [0.717, 1.165) is 0 Å². The molecule has 2 aromatic rings. The largest absolute Gasteiger partial charge is 0.396 e. The monoisotopic (exact) mass is 229 g/mol. The first-order valence-electron chi connectivity index (χ1n) is 4.74. The minimum absolute atomic E-state index is 0.00235. The maximum absolute atomic E-state index is 13.2. The summed E-state index contributed by atoms with van der Waals surface area (Å²) in [6.07, 6.45) is 0. The number of H-pyrrole nitrogens is 1. The molecule has 0 aliphatic rings. The first-order valence-corrected chi connectivity index (χ1v) is 4.74. The summed E-state index contributed by atoms with van der Waals surface area (Å²) in [6, 6.07) is 5.76. The molecule has 0 spiro atoms. The van der Waals surface area contributed by atoms with Crippen LogP contribution in [0.3, 0.4) is 0 Å². The molecule has 1 aromatic carbocycles. The van der Waals surface area contributed by atoms with Crippen molar-refractivity contribution in [3.63, 3.8) is 0 Å². The van der Waals surface area contributed by atoms with Crippen LogP contribution in [-0.2, 0) is 0 Å². The van der Waals surface area contributed by atoms with Crippen molar-refractivity contribution in [2.75, 3.05) is 5.73 Å². The number of hydrogen-bond donors (Lipinski definition) is 2. The molecule has 84 valence electrons. The van der Waals surface area contributed by atoms with Crippen molar-refractivity contribution in [2.24, 2.45) is 0 Å². The van der Waals surface area contributed by atoms with Crippen LogP contribution >= 0.6 is 0 Å². The highest BCUT2D eigenvalue weighted by Crippen LogP contribution is 2.22. The number of anilines is 1. The van der Waals surface area contributed by atoms with Crippen molar-refractivity contribution < 1.29 is 9.18 Å². The van der Waals surface area contributed by atoms with E-state index in [2.05, 4.69) is 11.6 Å². The van der Waals surface area contributed by atoms with E-state index < -0.39 is 11.6 Å². The third kappa shape index (κ3) is 1.76. The Morgan fingerprint density at radius 2 is 2.18 bits per heavy atom. The van der Waals surface area contributed by atoms with Crippen molar-refractivity contribution in [3.05, 3.63) is 41.9 Å². The number of Topliss-reactive ketones (excluding diaryl/α,β-unsaturated/α-hetero) is 1. The van der Waals surface area contributed by atoms with Gasteiger partial charge in [0.05, 0.1) is 17.0 Å². The topological polar surface area (TPSA) is 82.7 Å². The fraction of sp³-hybridized carbons (Fsp3) is 0. The maximum atomic E-state index is 13.2. The molecule has 2 rings (SSSR count). The number of hydrogen-bond acceptors (Lipinski definition) is 3. The van der Waals surface area contributed by atoms with Crippen LogP contribution in [0.15, 0.2) is 30.4 Å². The standard InChI is InChI=1S/C12H8FN3O/c1-6(5-14)12(17)11-3-7-2-8(13)9(15)4-10(7)16-11/h2-4,16H,1,15H2. The zero-order valence-electron chi connectivity index (χ0n) is 8.75. The van der Waals surface area contributed by atoms with Crippen LogP contribution in [0.5, 0.6) is 0 Å². The molecular weight excluding hydrogens is 221 g/mol. The Kier molecular flexibility index (Phi) is 2.41. The zero-order chi connectivity index (χ0) is 12.6. The summed E-state index contributed by atoms with van der Waals surface area (Å²) in [5.74, 6) is -1.06. The third-order valence-electron chi connectivity index (χ3n) is 2.39. The normalized spacial score (nSPS) is 10.1. The summed E-state index contributed by atoms with van der Waals surface area (Å²) in [4.78, 5) is 14.4. The number of carbonyl (C=O) groups excluding carboxylic acids is 1. The lowest BCUT2D eigenvalue weighted by atomic mass is 10.1. The summed E-state index contributed by atoms with van der Waals surface area (Å²) in [5, 5.41) is 9.08. The Bertz CT molecular complexity index is 640. The zero-order valence-corrected chi connectivity index (χ0v) is 8.75. The Balaban J connectivity index is 2.56. The molecule has 5 heteroatoms. The molecule has 0 aliphatic carbocycles. The second-order valence-corrected chi connectivity index (χ2v) is 3.56. The van der Waals surface area contributed by atoms with Gasteiger partial charge in [-0.1, -0.05) is 6.58 Å². The van der Waals surface area contributed by atoms with Gasteiger partial charge in [-0.05, 0) is 18.2 Å². The quantitative estimate of drug-likeness (QED) is 0.358. The fourth-order valence-corrected chi connectivity index (χ4v) is 1.51. The van der Waals surface area contributed by atoms with Gasteiger partial charge < -0.3 is 10.7 Å². The number of aromatic nitrogens is 1. The number of halogens is 1. The third-order valence-corrected chi connectivity index (χ3v) is 2.39. The van der Waals surface area contributed by atoms with E-state index in [0.29, 0.717) is 10.9 Å². The molecule has 0 atom stereocenters. The number of allylic oxidation sites excluding steroid dienone is 1. The van der Waals surface area contributed by atoms with Crippen LogP contribution in [0.4, 0.5) is 10.1 Å². The predicted octanol–water partition coefficient (Wildman–Crippen LogP) is 2.15. The van der Waals surface area contributed by atoms with Gasteiger partial charge in [-0.25, -0.2) is 4.39 Å². The minimum atomic E-state index is -0.547. The summed E-state index contributed by atoms with van der Waals surface area (Å²) < 4.78 is 13.2. The number of rotatable bonds is 2. The van der Waals surface area contributed by atoms with Gasteiger partial charge in [0.1, 0.15) is 11.9 Å². The number of fused-ring (bicyclic) bond motifs is 1. The van der Waals surface area contributed by atoms with Gasteiger partial charge in [0.25, 0.3) is 0 Å². The molecular formula is C12H8FN3O. The molecule has 0 amide bonds. The molecule has 17 heavy (non-hydrogen) atoms. The number of nitriles is 1. The predicted molar refractivity (Wildman–Crippen MR) is 61.8 cm³/mol. The van der Waals surface area contributed by atoms with Gasteiger partial charge in [0, 0.05) is 10.9 Å². The first kappa shape index (κ1) is 10.9. The van der Waals surface area contributed by atoms with Crippen LogP contribution in [-0.4, -0.2) is 10.8 Å². The van der Waals surface area contributed by atoms with E-state index in [1.54, 1.807) is 6.07 Å². The van der Waals surface area contributed by atoms with Crippen LogP contribution in [0.2, 0.25) is 0 Å². The lowest BCUT2D eigenvalue weighted by Gasteiger charge is -1.95. The van der Waals surface area contributed by atoms with Crippen LogP contribution in [0, 0.1) is 17.1 Å². The van der Waals surface area contributed by atoms with Gasteiger partial charge in [-0.3, -0.25) is 4.79 Å². The van der Waals surface area contributed by atoms with E-state index in [-0.39, 0.29) is 17.0 Å². The summed E-state index contributed by atoms with van der Waals surface area (Å²) in [7, 11) is 0. The van der Waals surface area contributed by atoms with E-state index in [1.165, 1.54) is 18.2 Å². The Labute approximate surface area is 96.2 Å². The number of nitrogens with zero attached hydrogens (tertiary/aromatic N) is 1. The van der Waals surface area contributed by atoms with Gasteiger partial charge >= 0.3 is 0 Å². The minimum Gasteiger partial charge on any atom is -0.396 e. The lowest BCUT2D eigenvalue weighted by molar-refractivity contribution is 0.103. The molecule has 3 N–H and O–H groups in total. The highest BCUT2D eigenvalue weighted by Gasteiger charge is 2.13. The van der Waals surface area contributed by atoms with E-state index >= 15 is 0 Å². The number of nitrogen functional groups attached to an aromatic ring is 1. The van der Waals surface area contributed by atoms with Gasteiger partial charge in [-0.15, -0.1) is 0 Å². The van der Waals surface area contributed by atoms with E-state index in [9.17, 15) is 9.18 Å². The van der Waals surface area contributed by atoms with Crippen molar-refractivity contribution in [3.8, 4) is 6.07 Å². The number of aromatic amines is 1. The highest BCUT2D eigenvalue weighted by atomic mass is 19.1. The number of nitrogens with one attached hydrogen (secondary N) is 1. The fourth-order valence-electron chi connectivity index (χ4n) is 1.51. The Hall–Kier alpha value is -2.61. The molecule has 0 fully saturated rings. The molecule has 0 aliphatic heterocycles. The van der Waals surface area contributed by atoms with Crippen LogP contribution < -0.4 is 5.73 Å². The highest BCUT2D eigenvalue weighted by molar-refractivity contribution is 6.11. The lowest BCUT2D eigenvalue weighted by Crippen LogP contribution is -2.00. The molecule has 0 saturated heterocycles. The second-order valence-electron chi connectivity index (χ2n) is 3.56. The summed E-state index contributed by atoms with van der Waals surface area (Å²) in [5.41, 5.74) is 5.96. The molecule has 1 heterocycles. The van der Waals surface area contributed by atoms with Crippen molar-refractivity contribution in [1.82, 2.24) is 4.98 Å². The molecule has 0 saturated carbocycles. The number of carbonyl (C=O) groups is 1. The molecule has 1 aromatic heterocycles. The smallest absolute Gasteiger partial charge is 0.219 e. The number of ketones is 1. The van der Waals surface area contributed by atoms with Crippen molar-refractivity contribution >= 4 is 22.4 Å². The number of benzene rings is 1. The summed E-state index contributed by atoms with van der Waals surface area (Å²) in [6.45, 7) is 3.33. The van der Waals surface area contributed by atoms with Crippen LogP contribution in [0.1, 0.15) is 10.5 Å². The average molecular weight is 229 g/mol. The van der Waals surface area contributed by atoms with Crippen LogP contribution in [0.25, 0.3) is 10.9 Å². The Morgan fingerprint density at radius 1 is 1.47 bits per heavy atom. The number of nitrogens with two attached hydrogens (primary N) is 1. The molecule has 0 bridgehead atoms. The molecule has 4 nitrogen and oxygen atoms in total. The average Bonchev–Trinajstić information content (AvgIpc) is 2.70. The van der Waals surface area contributed by atoms with E-state index in [1.807, 2.05) is 0 Å². The maximum Gasteiger partial charge on any atom is 0.219 e. The van der Waals surface area contributed by atoms with Crippen molar-refractivity contribution in [1.29, 1.82) is 5.26 Å². The van der Waals surface area contributed by atoms with Crippen molar-refractivity contribution in [2.45, 2.75) is 0 Å².